The minimum absolute atomic E-state index is 0.0436. The lowest BCUT2D eigenvalue weighted by Crippen LogP contribution is -2.14. The van der Waals surface area contributed by atoms with Gasteiger partial charge >= 0.3 is 0 Å². The maximum atomic E-state index is 12.2. The molecule has 1 aromatic heterocycles. The molecule has 0 atom stereocenters. The summed E-state index contributed by atoms with van der Waals surface area (Å²) in [6.07, 6.45) is 0.772. The van der Waals surface area contributed by atoms with E-state index in [4.69, 9.17) is 5.53 Å². The first-order valence-electron chi connectivity index (χ1n) is 5.49. The predicted octanol–water partition coefficient (Wildman–Crippen LogP) is 2.53. The van der Waals surface area contributed by atoms with Crippen LogP contribution in [0.2, 0.25) is 0 Å². The van der Waals surface area contributed by atoms with Gasteiger partial charge < -0.3 is 0 Å². The van der Waals surface area contributed by atoms with Crippen molar-refractivity contribution in [1.29, 1.82) is 0 Å². The van der Waals surface area contributed by atoms with Crippen molar-refractivity contribution in [2.45, 2.75) is 12.8 Å². The van der Waals surface area contributed by atoms with E-state index in [0.717, 1.165) is 0 Å². The van der Waals surface area contributed by atoms with Crippen molar-refractivity contribution in [1.82, 2.24) is 4.57 Å². The number of benzene rings is 1. The van der Waals surface area contributed by atoms with Gasteiger partial charge in [-0.1, -0.05) is 17.2 Å². The molecule has 0 radical (unpaired) electrons. The summed E-state index contributed by atoms with van der Waals surface area (Å²) in [6, 6.07) is 6.85. The van der Waals surface area contributed by atoms with Crippen LogP contribution in [0, 0.1) is 0 Å². The molecule has 3 rings (SSSR count). The highest BCUT2D eigenvalue weighted by molar-refractivity contribution is 5.96. The quantitative estimate of drug-likeness (QED) is 0.435. The first kappa shape index (κ1) is 10.6. The lowest BCUT2D eigenvalue weighted by molar-refractivity contribution is 0.0928. The van der Waals surface area contributed by atoms with Gasteiger partial charge in [-0.3, -0.25) is 14.2 Å². The summed E-state index contributed by atoms with van der Waals surface area (Å²) in [7, 11) is 0. The topological polar surface area (TPSA) is 87.8 Å². The summed E-state index contributed by atoms with van der Waals surface area (Å²) in [5.74, 6) is -0.0735. The van der Waals surface area contributed by atoms with Crippen molar-refractivity contribution < 1.29 is 4.79 Å². The molecule has 6 heteroatoms. The first-order chi connectivity index (χ1) is 8.74. The van der Waals surface area contributed by atoms with Crippen LogP contribution in [0.4, 0.5) is 5.69 Å². The monoisotopic (exact) mass is 240 g/mol. The van der Waals surface area contributed by atoms with Crippen molar-refractivity contribution in [3.63, 3.8) is 0 Å². The van der Waals surface area contributed by atoms with Gasteiger partial charge in [0.15, 0.2) is 5.43 Å². The molecule has 18 heavy (non-hydrogen) atoms. The third-order valence-corrected chi connectivity index (χ3v) is 3.12. The van der Waals surface area contributed by atoms with Gasteiger partial charge in [0.25, 0.3) is 0 Å². The average Bonchev–Trinajstić information content (AvgIpc) is 2.77. The molecule has 1 aliphatic heterocycles. The number of fused-ring (bicyclic) bond motifs is 3. The van der Waals surface area contributed by atoms with E-state index in [0.29, 0.717) is 29.4 Å². The standard InChI is InChI=1S/C12H8N4O2/c13-15-14-11-9-5-6-10(17)16(9)8-4-2-1-3-7(8)12(11)18/h1-4H,5-6H2. The number of pyridine rings is 1. The highest BCUT2D eigenvalue weighted by Gasteiger charge is 2.25. The van der Waals surface area contributed by atoms with Gasteiger partial charge in [-0.05, 0) is 24.1 Å². The van der Waals surface area contributed by atoms with Gasteiger partial charge in [0.2, 0.25) is 5.91 Å². The van der Waals surface area contributed by atoms with Gasteiger partial charge in [-0.25, -0.2) is 0 Å². The van der Waals surface area contributed by atoms with E-state index in [2.05, 4.69) is 10.0 Å². The molecule has 88 valence electrons. The molecule has 0 fully saturated rings. The SMILES string of the molecule is [N-]=[N+]=Nc1c2n(c3ccccc3c1=O)C(=O)CC2. The fourth-order valence-electron chi connectivity index (χ4n) is 2.37. The molecule has 1 aromatic carbocycles. The Balaban J connectivity index is 2.59. The zero-order valence-electron chi connectivity index (χ0n) is 9.33. The molecule has 2 aromatic rings. The third kappa shape index (κ3) is 1.26. The second-order valence-electron chi connectivity index (χ2n) is 4.06. The number of hydrogen-bond donors (Lipinski definition) is 0. The third-order valence-electron chi connectivity index (χ3n) is 3.12. The minimum atomic E-state index is -0.315. The number of nitrogens with zero attached hydrogens (tertiary/aromatic N) is 4. The van der Waals surface area contributed by atoms with E-state index in [9.17, 15) is 9.59 Å². The smallest absolute Gasteiger partial charge is 0.231 e. The van der Waals surface area contributed by atoms with E-state index in [1.165, 1.54) is 4.57 Å². The molecule has 1 aliphatic rings. The summed E-state index contributed by atoms with van der Waals surface area (Å²) in [5, 5.41) is 3.86. The highest BCUT2D eigenvalue weighted by Crippen LogP contribution is 2.27. The van der Waals surface area contributed by atoms with Crippen molar-refractivity contribution in [2.75, 3.05) is 0 Å². The maximum Gasteiger partial charge on any atom is 0.231 e. The average molecular weight is 240 g/mol. The number of hydrogen-bond acceptors (Lipinski definition) is 3. The van der Waals surface area contributed by atoms with Crippen LogP contribution < -0.4 is 5.43 Å². The molecule has 6 nitrogen and oxygen atoms in total. The van der Waals surface area contributed by atoms with Crippen LogP contribution in [0.3, 0.4) is 0 Å². The van der Waals surface area contributed by atoms with Crippen LogP contribution in [0.15, 0.2) is 34.2 Å². The Morgan fingerprint density at radius 3 is 2.78 bits per heavy atom. The number of rotatable bonds is 1. The van der Waals surface area contributed by atoms with Gasteiger partial charge in [0.05, 0.1) is 5.52 Å². The lowest BCUT2D eigenvalue weighted by Gasteiger charge is -2.09. The molecule has 0 bridgehead atoms. The fourth-order valence-corrected chi connectivity index (χ4v) is 2.37. The summed E-state index contributed by atoms with van der Waals surface area (Å²) in [6.45, 7) is 0. The number of carbonyl (C=O) groups excluding carboxylic acids is 1. The largest absolute Gasteiger partial charge is 0.289 e. The molecular formula is C12H8N4O2. The second kappa shape index (κ2) is 3.72. The predicted molar refractivity (Wildman–Crippen MR) is 66.0 cm³/mol. The first-order valence-corrected chi connectivity index (χ1v) is 5.49. The molecule has 0 saturated carbocycles. The van der Waals surface area contributed by atoms with E-state index in [-0.39, 0.29) is 17.0 Å². The zero-order chi connectivity index (χ0) is 12.7. The molecule has 2 heterocycles. The Morgan fingerprint density at radius 2 is 2.00 bits per heavy atom. The van der Waals surface area contributed by atoms with E-state index >= 15 is 0 Å². The highest BCUT2D eigenvalue weighted by atomic mass is 16.2. The Kier molecular flexibility index (Phi) is 2.18. The van der Waals surface area contributed by atoms with Gasteiger partial charge in [-0.15, -0.1) is 0 Å². The van der Waals surface area contributed by atoms with Crippen molar-refractivity contribution in [3.05, 3.63) is 50.6 Å². The van der Waals surface area contributed by atoms with E-state index in [1.54, 1.807) is 24.3 Å². The van der Waals surface area contributed by atoms with Gasteiger partial charge in [-0.2, -0.15) is 0 Å². The summed E-state index contributed by atoms with van der Waals surface area (Å²) in [4.78, 5) is 26.7. The summed E-state index contributed by atoms with van der Waals surface area (Å²) in [5.41, 5.74) is 9.36. The van der Waals surface area contributed by atoms with Crippen molar-refractivity contribution in [2.24, 2.45) is 5.11 Å². The molecule has 0 aliphatic carbocycles. The molecule has 0 amide bonds. The van der Waals surface area contributed by atoms with Crippen molar-refractivity contribution >= 4 is 22.5 Å². The van der Waals surface area contributed by atoms with Gasteiger partial charge in [0, 0.05) is 22.4 Å². The summed E-state index contributed by atoms with van der Waals surface area (Å²) >= 11 is 0. The Hall–Kier alpha value is -2.59. The van der Waals surface area contributed by atoms with Crippen LogP contribution in [0.25, 0.3) is 21.3 Å². The number of carbonyl (C=O) groups is 1. The van der Waals surface area contributed by atoms with E-state index < -0.39 is 0 Å². The Morgan fingerprint density at radius 1 is 1.22 bits per heavy atom. The van der Waals surface area contributed by atoms with Crippen LogP contribution >= 0.6 is 0 Å². The number of para-hydroxylation sites is 1. The normalized spacial score (nSPS) is 13.4. The molecule has 0 N–H and O–H groups in total. The Labute approximate surface area is 101 Å². The van der Waals surface area contributed by atoms with E-state index in [1.807, 2.05) is 0 Å². The van der Waals surface area contributed by atoms with Gasteiger partial charge in [0.1, 0.15) is 5.69 Å². The molecule has 0 unspecified atom stereocenters. The van der Waals surface area contributed by atoms with Crippen LogP contribution in [-0.2, 0) is 6.42 Å². The molecule has 0 saturated heterocycles. The maximum absolute atomic E-state index is 12.2. The van der Waals surface area contributed by atoms with Crippen LogP contribution in [-0.4, -0.2) is 10.5 Å². The minimum Gasteiger partial charge on any atom is -0.289 e. The van der Waals surface area contributed by atoms with Crippen molar-refractivity contribution in [3.8, 4) is 0 Å². The zero-order valence-corrected chi connectivity index (χ0v) is 9.33. The number of aromatic nitrogens is 1. The lowest BCUT2D eigenvalue weighted by atomic mass is 10.1. The number of azide groups is 1. The molecular weight excluding hydrogens is 232 g/mol. The van der Waals surface area contributed by atoms with Crippen LogP contribution in [0.5, 0.6) is 0 Å². The van der Waals surface area contributed by atoms with Crippen LogP contribution in [0.1, 0.15) is 16.9 Å². The molecule has 0 spiro atoms. The summed E-state index contributed by atoms with van der Waals surface area (Å²) < 4.78 is 1.49. The second-order valence-corrected chi connectivity index (χ2v) is 4.06. The fraction of sp³-hybridized carbons (Fsp3) is 0.167. The Bertz CT molecular complexity index is 784.